The molecule has 0 bridgehead atoms. The summed E-state index contributed by atoms with van der Waals surface area (Å²) in [7, 11) is 1.70. The number of rotatable bonds is 2. The molecule has 2 aromatic rings. The Kier molecular flexibility index (Phi) is 2.63. The third-order valence-corrected chi connectivity index (χ3v) is 2.88. The van der Waals surface area contributed by atoms with E-state index >= 15 is 0 Å². The molecule has 0 saturated carbocycles. The van der Waals surface area contributed by atoms with Crippen LogP contribution in [-0.4, -0.2) is 7.11 Å². The fraction of sp³-hybridized carbons (Fsp3) is 0.286. The zero-order valence-corrected chi connectivity index (χ0v) is 9.50. The average molecular weight is 200 g/mol. The van der Waals surface area contributed by atoms with E-state index in [1.807, 2.05) is 6.07 Å². The van der Waals surface area contributed by atoms with E-state index in [2.05, 4.69) is 38.1 Å². The summed E-state index contributed by atoms with van der Waals surface area (Å²) in [6.07, 6.45) is 1.09. The Hall–Kier alpha value is -1.50. The highest BCUT2D eigenvalue weighted by Gasteiger charge is 2.01. The van der Waals surface area contributed by atoms with E-state index in [4.69, 9.17) is 4.74 Å². The molecule has 1 heteroatoms. The Balaban J connectivity index is 2.65. The molecule has 0 atom stereocenters. The molecule has 0 aliphatic heterocycles. The van der Waals surface area contributed by atoms with Crippen LogP contribution in [0.2, 0.25) is 0 Å². The van der Waals surface area contributed by atoms with Crippen LogP contribution in [0.5, 0.6) is 5.75 Å². The third-order valence-electron chi connectivity index (χ3n) is 2.88. The number of hydrogen-bond acceptors (Lipinski definition) is 1. The number of aryl methyl sites for hydroxylation is 2. The summed E-state index contributed by atoms with van der Waals surface area (Å²) in [5, 5.41) is 2.54. The number of ether oxygens (including phenoxy) is 1. The summed E-state index contributed by atoms with van der Waals surface area (Å²) in [6.45, 7) is 4.36. The van der Waals surface area contributed by atoms with E-state index in [0.717, 1.165) is 12.2 Å². The molecule has 0 spiro atoms. The maximum atomic E-state index is 5.22. The molecule has 0 saturated heterocycles. The Morgan fingerprint density at radius 2 is 1.87 bits per heavy atom. The van der Waals surface area contributed by atoms with Crippen LogP contribution in [0.4, 0.5) is 0 Å². The van der Waals surface area contributed by atoms with Gasteiger partial charge in [0, 0.05) is 0 Å². The van der Waals surface area contributed by atoms with Gasteiger partial charge in [-0.1, -0.05) is 25.1 Å². The predicted molar refractivity (Wildman–Crippen MR) is 64.6 cm³/mol. The van der Waals surface area contributed by atoms with Crippen molar-refractivity contribution in [3.8, 4) is 5.75 Å². The normalized spacial score (nSPS) is 10.6. The van der Waals surface area contributed by atoms with E-state index in [-0.39, 0.29) is 0 Å². The van der Waals surface area contributed by atoms with Crippen LogP contribution in [0.3, 0.4) is 0 Å². The van der Waals surface area contributed by atoms with Gasteiger partial charge in [0.05, 0.1) is 7.11 Å². The second kappa shape index (κ2) is 3.93. The highest BCUT2D eigenvalue weighted by molar-refractivity contribution is 5.85. The molecule has 0 aliphatic rings. The van der Waals surface area contributed by atoms with Crippen LogP contribution in [-0.2, 0) is 6.42 Å². The predicted octanol–water partition coefficient (Wildman–Crippen LogP) is 3.72. The van der Waals surface area contributed by atoms with Gasteiger partial charge in [0.2, 0.25) is 0 Å². The topological polar surface area (TPSA) is 9.23 Å². The Bertz CT molecular complexity index is 486. The standard InChI is InChI=1S/C14H16O/c1-4-11-8-12-5-6-14(15-3)9-13(12)7-10(11)2/h5-9H,4H2,1-3H3. The first-order valence-corrected chi connectivity index (χ1v) is 5.32. The number of fused-ring (bicyclic) bond motifs is 1. The summed E-state index contributed by atoms with van der Waals surface area (Å²) in [4.78, 5) is 0. The van der Waals surface area contributed by atoms with Crippen molar-refractivity contribution >= 4 is 10.8 Å². The van der Waals surface area contributed by atoms with E-state index in [1.54, 1.807) is 7.11 Å². The van der Waals surface area contributed by atoms with Crippen molar-refractivity contribution in [2.75, 3.05) is 7.11 Å². The molecule has 1 nitrogen and oxygen atoms in total. The second-order valence-electron chi connectivity index (χ2n) is 3.85. The first kappa shape index (κ1) is 10.0. The first-order valence-electron chi connectivity index (χ1n) is 5.32. The lowest BCUT2D eigenvalue weighted by Crippen LogP contribution is -1.88. The van der Waals surface area contributed by atoms with Gasteiger partial charge in [-0.15, -0.1) is 0 Å². The maximum absolute atomic E-state index is 5.22. The Labute approximate surface area is 90.7 Å². The first-order chi connectivity index (χ1) is 7.24. The summed E-state index contributed by atoms with van der Waals surface area (Å²) in [5.41, 5.74) is 2.78. The smallest absolute Gasteiger partial charge is 0.119 e. The van der Waals surface area contributed by atoms with E-state index in [9.17, 15) is 0 Å². The largest absolute Gasteiger partial charge is 0.497 e. The van der Waals surface area contributed by atoms with Crippen LogP contribution in [0.1, 0.15) is 18.1 Å². The summed E-state index contributed by atoms with van der Waals surface area (Å²) < 4.78 is 5.22. The van der Waals surface area contributed by atoms with Crippen molar-refractivity contribution in [2.45, 2.75) is 20.3 Å². The number of hydrogen-bond donors (Lipinski definition) is 0. The maximum Gasteiger partial charge on any atom is 0.119 e. The van der Waals surface area contributed by atoms with Gasteiger partial charge in [0.1, 0.15) is 5.75 Å². The molecule has 78 valence electrons. The summed E-state index contributed by atoms with van der Waals surface area (Å²) >= 11 is 0. The fourth-order valence-electron chi connectivity index (χ4n) is 1.94. The fourth-order valence-corrected chi connectivity index (χ4v) is 1.94. The van der Waals surface area contributed by atoms with Crippen molar-refractivity contribution in [3.05, 3.63) is 41.5 Å². The quantitative estimate of drug-likeness (QED) is 0.718. The van der Waals surface area contributed by atoms with E-state index < -0.39 is 0 Å². The highest BCUT2D eigenvalue weighted by Crippen LogP contribution is 2.24. The van der Waals surface area contributed by atoms with Gasteiger partial charge in [-0.25, -0.2) is 0 Å². The lowest BCUT2D eigenvalue weighted by atomic mass is 10.0. The van der Waals surface area contributed by atoms with Gasteiger partial charge in [0.25, 0.3) is 0 Å². The molecule has 0 radical (unpaired) electrons. The molecule has 0 fully saturated rings. The van der Waals surface area contributed by atoms with Gasteiger partial charge in [0.15, 0.2) is 0 Å². The lowest BCUT2D eigenvalue weighted by Gasteiger charge is -2.07. The zero-order valence-electron chi connectivity index (χ0n) is 9.50. The van der Waals surface area contributed by atoms with Crippen molar-refractivity contribution in [2.24, 2.45) is 0 Å². The monoisotopic (exact) mass is 200 g/mol. The zero-order chi connectivity index (χ0) is 10.8. The lowest BCUT2D eigenvalue weighted by molar-refractivity contribution is 0.415. The van der Waals surface area contributed by atoms with Crippen molar-refractivity contribution in [3.63, 3.8) is 0 Å². The van der Waals surface area contributed by atoms with E-state index in [0.29, 0.717) is 0 Å². The minimum absolute atomic E-state index is 0.922. The van der Waals surface area contributed by atoms with Crippen LogP contribution in [0, 0.1) is 6.92 Å². The molecule has 15 heavy (non-hydrogen) atoms. The van der Waals surface area contributed by atoms with Crippen LogP contribution in [0.15, 0.2) is 30.3 Å². The molecule has 0 amide bonds. The highest BCUT2D eigenvalue weighted by atomic mass is 16.5. The van der Waals surface area contributed by atoms with Crippen molar-refractivity contribution < 1.29 is 4.74 Å². The third kappa shape index (κ3) is 1.82. The molecule has 2 rings (SSSR count). The van der Waals surface area contributed by atoms with Crippen molar-refractivity contribution in [1.29, 1.82) is 0 Å². The van der Waals surface area contributed by atoms with Gasteiger partial charge in [-0.05, 0) is 47.4 Å². The molecular formula is C14H16O. The minimum atomic E-state index is 0.922. The molecule has 2 aromatic carbocycles. The van der Waals surface area contributed by atoms with Crippen LogP contribution in [0.25, 0.3) is 10.8 Å². The number of methoxy groups -OCH3 is 1. The summed E-state index contributed by atoms with van der Waals surface area (Å²) in [5.74, 6) is 0.922. The Morgan fingerprint density at radius 3 is 2.53 bits per heavy atom. The average Bonchev–Trinajstić information content (AvgIpc) is 2.27. The van der Waals surface area contributed by atoms with Crippen LogP contribution >= 0.6 is 0 Å². The molecule has 0 aliphatic carbocycles. The van der Waals surface area contributed by atoms with Gasteiger partial charge < -0.3 is 4.74 Å². The SMILES string of the molecule is CCc1cc2ccc(OC)cc2cc1C. The summed E-state index contributed by atoms with van der Waals surface area (Å²) in [6, 6.07) is 10.7. The van der Waals surface area contributed by atoms with Gasteiger partial charge in [-0.3, -0.25) is 0 Å². The molecule has 0 N–H and O–H groups in total. The second-order valence-corrected chi connectivity index (χ2v) is 3.85. The van der Waals surface area contributed by atoms with E-state index in [1.165, 1.54) is 21.9 Å². The molecule has 0 heterocycles. The van der Waals surface area contributed by atoms with Crippen LogP contribution < -0.4 is 4.74 Å². The van der Waals surface area contributed by atoms with Crippen molar-refractivity contribution in [1.82, 2.24) is 0 Å². The minimum Gasteiger partial charge on any atom is -0.497 e. The number of benzene rings is 2. The molecule has 0 unspecified atom stereocenters. The molecule has 0 aromatic heterocycles. The Morgan fingerprint density at radius 1 is 1.07 bits per heavy atom. The molecular weight excluding hydrogens is 184 g/mol. The van der Waals surface area contributed by atoms with Gasteiger partial charge in [-0.2, -0.15) is 0 Å². The van der Waals surface area contributed by atoms with Gasteiger partial charge >= 0.3 is 0 Å².